The third kappa shape index (κ3) is 3.58. The second kappa shape index (κ2) is 8.20. The van der Waals surface area contributed by atoms with Crippen LogP contribution in [0.15, 0.2) is 30.4 Å². The van der Waals surface area contributed by atoms with Crippen molar-refractivity contribution in [3.05, 3.63) is 40.4 Å². The first-order valence-corrected chi connectivity index (χ1v) is 12.9. The third-order valence-electron chi connectivity index (χ3n) is 9.63. The lowest BCUT2D eigenvalue weighted by atomic mass is 9.48. The van der Waals surface area contributed by atoms with E-state index in [1.54, 1.807) is 24.3 Å². The number of fused-ring (bicyclic) bond motifs is 5. The summed E-state index contributed by atoms with van der Waals surface area (Å²) in [6.07, 6.45) is 10.6. The van der Waals surface area contributed by atoms with Crippen molar-refractivity contribution in [3.63, 3.8) is 0 Å². The molecule has 0 saturated heterocycles. The van der Waals surface area contributed by atoms with Gasteiger partial charge in [-0.1, -0.05) is 49.2 Å². The molecule has 5 nitrogen and oxygen atoms in total. The molecule has 3 fully saturated rings. The van der Waals surface area contributed by atoms with Gasteiger partial charge in [0.15, 0.2) is 0 Å². The molecule has 4 aliphatic rings. The molecule has 7 heteroatoms. The summed E-state index contributed by atoms with van der Waals surface area (Å²) in [6.45, 7) is 4.74. The maximum atomic E-state index is 12.9. The number of amides is 3. The van der Waals surface area contributed by atoms with Crippen molar-refractivity contribution in [2.75, 3.05) is 12.4 Å². The van der Waals surface area contributed by atoms with E-state index < -0.39 is 0 Å². The molecule has 3 saturated carbocycles. The van der Waals surface area contributed by atoms with Crippen LogP contribution in [-0.2, 0) is 4.79 Å². The average molecular weight is 490 g/mol. The van der Waals surface area contributed by atoms with E-state index in [1.807, 2.05) is 11.9 Å². The van der Waals surface area contributed by atoms with Gasteiger partial charge in [-0.25, -0.2) is 4.79 Å². The van der Waals surface area contributed by atoms with Gasteiger partial charge in [-0.15, -0.1) is 0 Å². The van der Waals surface area contributed by atoms with E-state index in [-0.39, 0.29) is 28.8 Å². The number of likely N-dealkylation sites (N-methyl/N-ethyl adjacent to an activating group) is 1. The first kappa shape index (κ1) is 23.0. The fourth-order valence-corrected chi connectivity index (χ4v) is 8.24. The lowest BCUT2D eigenvalue weighted by Crippen LogP contribution is -2.60. The van der Waals surface area contributed by atoms with Gasteiger partial charge in [-0.3, -0.25) is 4.79 Å². The molecule has 5 rings (SSSR count). The van der Waals surface area contributed by atoms with Crippen LogP contribution in [0.1, 0.15) is 52.4 Å². The second-order valence-corrected chi connectivity index (χ2v) is 11.8. The predicted octanol–water partition coefficient (Wildman–Crippen LogP) is 6.12. The molecule has 0 radical (unpaired) electrons. The summed E-state index contributed by atoms with van der Waals surface area (Å²) in [5.41, 5.74) is 0.651. The summed E-state index contributed by atoms with van der Waals surface area (Å²) >= 11 is 12.3. The number of urea groups is 1. The number of nitrogens with one attached hydrogen (secondary N) is 2. The Morgan fingerprint density at radius 3 is 2.67 bits per heavy atom. The Morgan fingerprint density at radius 2 is 1.88 bits per heavy atom. The fourth-order valence-electron chi connectivity index (χ4n) is 7.89. The summed E-state index contributed by atoms with van der Waals surface area (Å²) in [5, 5.41) is 6.94. The highest BCUT2D eigenvalue weighted by Crippen LogP contribution is 2.63. The molecule has 1 aliphatic heterocycles. The van der Waals surface area contributed by atoms with E-state index in [1.165, 1.54) is 0 Å². The predicted molar refractivity (Wildman–Crippen MR) is 132 cm³/mol. The summed E-state index contributed by atoms with van der Waals surface area (Å²) in [6, 6.07) is 5.45. The number of carbonyl (C=O) groups excluding carboxylic acids is 2. The largest absolute Gasteiger partial charge is 0.338 e. The van der Waals surface area contributed by atoms with Crippen molar-refractivity contribution in [1.29, 1.82) is 0 Å². The van der Waals surface area contributed by atoms with Crippen LogP contribution < -0.4 is 10.6 Å². The molecule has 3 amide bonds. The van der Waals surface area contributed by atoms with Gasteiger partial charge in [-0.2, -0.15) is 0 Å². The molecule has 2 unspecified atom stereocenters. The van der Waals surface area contributed by atoms with Crippen molar-refractivity contribution in [2.24, 2.45) is 28.6 Å². The Bertz CT molecular complexity index is 1010. The summed E-state index contributed by atoms with van der Waals surface area (Å²) in [7, 11) is 1.96. The molecule has 3 aliphatic carbocycles. The van der Waals surface area contributed by atoms with E-state index in [2.05, 4.69) is 30.6 Å². The highest BCUT2D eigenvalue weighted by Gasteiger charge is 2.60. The third-order valence-corrected chi connectivity index (χ3v) is 10.5. The van der Waals surface area contributed by atoms with Gasteiger partial charge in [0.05, 0.1) is 15.7 Å². The van der Waals surface area contributed by atoms with E-state index in [9.17, 15) is 9.59 Å². The quantitative estimate of drug-likeness (QED) is 0.525. The number of hydrogen-bond acceptors (Lipinski definition) is 2. The molecule has 1 aromatic carbocycles. The van der Waals surface area contributed by atoms with Crippen molar-refractivity contribution in [1.82, 2.24) is 10.2 Å². The molecule has 33 heavy (non-hydrogen) atoms. The van der Waals surface area contributed by atoms with Gasteiger partial charge in [0, 0.05) is 24.5 Å². The van der Waals surface area contributed by atoms with Crippen molar-refractivity contribution < 1.29 is 9.59 Å². The lowest BCUT2D eigenvalue weighted by molar-refractivity contribution is -0.138. The Hall–Kier alpha value is -1.72. The minimum Gasteiger partial charge on any atom is -0.338 e. The van der Waals surface area contributed by atoms with Crippen LogP contribution in [0.4, 0.5) is 10.5 Å². The maximum absolute atomic E-state index is 12.9. The van der Waals surface area contributed by atoms with Crippen LogP contribution in [0.25, 0.3) is 0 Å². The normalized spacial score (nSPS) is 39.5. The number of halogens is 2. The fraction of sp³-hybridized carbons (Fsp3) is 0.615. The standard InChI is InChI=1S/C26H33Cl2N3O2/c1-25-13-11-17-15(7-10-21-26(17,2)14-12-22(32)31(21)3)16(25)8-9-20(25)30-24(33)29-19-6-4-5-18(27)23(19)28/h4-6,12,14-17,20-21H,7-11,13H2,1-3H3,(H2,29,30,33)/t15-,16-,17+,20?,21?,25-,26+/m0/s1. The van der Waals surface area contributed by atoms with E-state index in [0.29, 0.717) is 39.5 Å². The van der Waals surface area contributed by atoms with Gasteiger partial charge in [0.2, 0.25) is 5.91 Å². The first-order valence-electron chi connectivity index (χ1n) is 12.1. The molecule has 0 bridgehead atoms. The van der Waals surface area contributed by atoms with Crippen LogP contribution in [-0.4, -0.2) is 36.0 Å². The molecular formula is C26H33Cl2N3O2. The Balaban J connectivity index is 1.32. The highest BCUT2D eigenvalue weighted by molar-refractivity contribution is 6.43. The Labute approximate surface area is 206 Å². The number of hydrogen-bond donors (Lipinski definition) is 2. The van der Waals surface area contributed by atoms with E-state index in [4.69, 9.17) is 23.2 Å². The number of carbonyl (C=O) groups is 2. The number of benzene rings is 1. The van der Waals surface area contributed by atoms with Gasteiger partial charge in [0.1, 0.15) is 0 Å². The van der Waals surface area contributed by atoms with Crippen LogP contribution >= 0.6 is 23.2 Å². The highest BCUT2D eigenvalue weighted by atomic mass is 35.5. The number of nitrogens with zero attached hydrogens (tertiary/aromatic N) is 1. The Morgan fingerprint density at radius 1 is 1.09 bits per heavy atom. The number of anilines is 1. The zero-order chi connectivity index (χ0) is 23.5. The number of rotatable bonds is 2. The van der Waals surface area contributed by atoms with Crippen molar-refractivity contribution >= 4 is 40.8 Å². The minimum absolute atomic E-state index is 0.0408. The van der Waals surface area contributed by atoms with Gasteiger partial charge in [0.25, 0.3) is 0 Å². The first-order chi connectivity index (χ1) is 15.6. The van der Waals surface area contributed by atoms with E-state index in [0.717, 1.165) is 38.5 Å². The van der Waals surface area contributed by atoms with Crippen LogP contribution in [0.5, 0.6) is 0 Å². The Kier molecular flexibility index (Phi) is 5.72. The summed E-state index contributed by atoms with van der Waals surface area (Å²) in [5.74, 6) is 1.94. The SMILES string of the molecule is CN1C(=O)C=C[C@@]2(C)C1CC[C@@H]1[C@H]2CC[C@]2(C)C(NC(=O)Nc3cccc(Cl)c3Cl)CC[C@@H]12. The molecule has 178 valence electrons. The molecule has 7 atom stereocenters. The monoisotopic (exact) mass is 489 g/mol. The minimum atomic E-state index is -0.223. The van der Waals surface area contributed by atoms with Gasteiger partial charge < -0.3 is 15.5 Å². The van der Waals surface area contributed by atoms with Gasteiger partial charge >= 0.3 is 6.03 Å². The van der Waals surface area contributed by atoms with Crippen LogP contribution in [0.3, 0.4) is 0 Å². The zero-order valence-corrected chi connectivity index (χ0v) is 21.0. The van der Waals surface area contributed by atoms with E-state index >= 15 is 0 Å². The molecule has 2 N–H and O–H groups in total. The van der Waals surface area contributed by atoms with Crippen molar-refractivity contribution in [2.45, 2.75) is 64.5 Å². The molecule has 1 aromatic rings. The average Bonchev–Trinajstić information content (AvgIpc) is 3.10. The summed E-state index contributed by atoms with van der Waals surface area (Å²) in [4.78, 5) is 27.1. The molecule has 0 aromatic heterocycles. The van der Waals surface area contributed by atoms with Crippen LogP contribution in [0.2, 0.25) is 10.0 Å². The second-order valence-electron chi connectivity index (χ2n) is 11.0. The molecule has 1 heterocycles. The topological polar surface area (TPSA) is 61.4 Å². The van der Waals surface area contributed by atoms with Crippen LogP contribution in [0, 0.1) is 28.6 Å². The zero-order valence-electron chi connectivity index (χ0n) is 19.5. The smallest absolute Gasteiger partial charge is 0.319 e. The lowest BCUT2D eigenvalue weighted by Gasteiger charge is -2.60. The van der Waals surface area contributed by atoms with Gasteiger partial charge in [-0.05, 0) is 79.9 Å². The summed E-state index contributed by atoms with van der Waals surface area (Å²) < 4.78 is 0. The molecular weight excluding hydrogens is 457 g/mol. The molecule has 0 spiro atoms. The maximum Gasteiger partial charge on any atom is 0.319 e. The van der Waals surface area contributed by atoms with Crippen molar-refractivity contribution in [3.8, 4) is 0 Å².